The second-order valence-corrected chi connectivity index (χ2v) is 8.51. The van der Waals surface area contributed by atoms with E-state index in [4.69, 9.17) is 21.1 Å². The molecule has 0 spiro atoms. The molecule has 9 heteroatoms. The number of ether oxygens (including phenoxy) is 2. The van der Waals surface area contributed by atoms with E-state index in [0.717, 1.165) is 28.1 Å². The fraction of sp³-hybridized carbons (Fsp3) is 0.185. The molecule has 0 aliphatic carbocycles. The zero-order valence-corrected chi connectivity index (χ0v) is 20.8. The first-order valence-corrected chi connectivity index (χ1v) is 11.8. The maximum Gasteiger partial charge on any atom is 0.338 e. The van der Waals surface area contributed by atoms with Gasteiger partial charge in [0.05, 0.1) is 36.7 Å². The number of methoxy groups -OCH3 is 1. The van der Waals surface area contributed by atoms with Crippen LogP contribution in [0.1, 0.15) is 29.9 Å². The summed E-state index contributed by atoms with van der Waals surface area (Å²) in [5.74, 6) is 0.373. The van der Waals surface area contributed by atoms with Gasteiger partial charge in [0.15, 0.2) is 0 Å². The minimum atomic E-state index is -0.698. The van der Waals surface area contributed by atoms with Crippen molar-refractivity contribution in [3.05, 3.63) is 94.5 Å². The van der Waals surface area contributed by atoms with Crippen molar-refractivity contribution in [1.29, 1.82) is 0 Å². The van der Waals surface area contributed by atoms with E-state index in [1.807, 2.05) is 55.5 Å². The van der Waals surface area contributed by atoms with Crippen molar-refractivity contribution in [2.75, 3.05) is 13.7 Å². The molecule has 1 N–H and O–H groups in total. The molecule has 36 heavy (non-hydrogen) atoms. The van der Waals surface area contributed by atoms with Crippen LogP contribution >= 0.6 is 11.6 Å². The number of hydrogen-bond acceptors (Lipinski definition) is 7. The van der Waals surface area contributed by atoms with Gasteiger partial charge in [0.25, 0.3) is 6.02 Å². The van der Waals surface area contributed by atoms with Crippen molar-refractivity contribution in [1.82, 2.24) is 19.9 Å². The maximum absolute atomic E-state index is 13.2. The molecule has 0 amide bonds. The summed E-state index contributed by atoms with van der Waals surface area (Å²) in [6.07, 6.45) is 3.49. The Morgan fingerprint density at radius 2 is 1.92 bits per heavy atom. The van der Waals surface area contributed by atoms with Gasteiger partial charge in [0, 0.05) is 22.5 Å². The number of nitrogens with zero attached hydrogens (tertiary/aromatic N) is 4. The standard InChI is InChI=1S/C27H24ClN5O3/c1-4-36-26(34)23-24(31-27(35-3)32-25(23)19-7-5-6-8-20(19)28)17-9-11-18(12-10-17)33-16(2)30-21-15-29-14-13-22(21)33/h5-15,25H,4H2,1-3H3,(H,31,32). The number of fused-ring (bicyclic) bond motifs is 1. The molecule has 0 saturated carbocycles. The summed E-state index contributed by atoms with van der Waals surface area (Å²) in [5, 5.41) is 3.66. The van der Waals surface area contributed by atoms with Gasteiger partial charge in [-0.25, -0.2) is 14.8 Å². The van der Waals surface area contributed by atoms with Gasteiger partial charge in [-0.3, -0.25) is 9.55 Å². The number of esters is 1. The lowest BCUT2D eigenvalue weighted by Crippen LogP contribution is -2.33. The molecule has 2 aromatic carbocycles. The summed E-state index contributed by atoms with van der Waals surface area (Å²) in [6.45, 7) is 3.95. The molecule has 0 radical (unpaired) electrons. The highest BCUT2D eigenvalue weighted by molar-refractivity contribution is 6.31. The second-order valence-electron chi connectivity index (χ2n) is 8.10. The van der Waals surface area contributed by atoms with Crippen LogP contribution in [-0.2, 0) is 14.3 Å². The van der Waals surface area contributed by atoms with E-state index in [1.54, 1.807) is 25.4 Å². The quantitative estimate of drug-likeness (QED) is 0.387. The van der Waals surface area contributed by atoms with Crippen molar-refractivity contribution >= 4 is 40.3 Å². The number of nitrogens with one attached hydrogen (secondary N) is 1. The van der Waals surface area contributed by atoms with Crippen LogP contribution < -0.4 is 5.32 Å². The highest BCUT2D eigenvalue weighted by Crippen LogP contribution is 2.38. The Morgan fingerprint density at radius 3 is 2.64 bits per heavy atom. The first-order valence-electron chi connectivity index (χ1n) is 11.5. The minimum Gasteiger partial charge on any atom is -0.468 e. The van der Waals surface area contributed by atoms with Crippen LogP contribution in [0, 0.1) is 6.92 Å². The lowest BCUT2D eigenvalue weighted by molar-refractivity contribution is -0.138. The van der Waals surface area contributed by atoms with E-state index in [0.29, 0.717) is 21.9 Å². The number of halogens is 1. The van der Waals surface area contributed by atoms with Crippen LogP contribution in [0.4, 0.5) is 0 Å². The highest BCUT2D eigenvalue weighted by Gasteiger charge is 2.34. The van der Waals surface area contributed by atoms with Crippen molar-refractivity contribution in [2.45, 2.75) is 19.9 Å². The van der Waals surface area contributed by atoms with Gasteiger partial charge in [-0.15, -0.1) is 0 Å². The number of pyridine rings is 1. The molecule has 8 nitrogen and oxygen atoms in total. The lowest BCUT2D eigenvalue weighted by atomic mass is 9.93. The van der Waals surface area contributed by atoms with Crippen LogP contribution in [0.5, 0.6) is 0 Å². The Kier molecular flexibility index (Phi) is 6.43. The van der Waals surface area contributed by atoms with Crippen molar-refractivity contribution in [3.63, 3.8) is 0 Å². The van der Waals surface area contributed by atoms with Crippen molar-refractivity contribution in [2.24, 2.45) is 4.99 Å². The van der Waals surface area contributed by atoms with Crippen molar-refractivity contribution < 1.29 is 14.3 Å². The molecule has 3 heterocycles. The molecule has 2 aromatic heterocycles. The van der Waals surface area contributed by atoms with Crippen LogP contribution in [-0.4, -0.2) is 40.2 Å². The molecule has 1 unspecified atom stereocenters. The Bertz CT molecular complexity index is 1510. The fourth-order valence-electron chi connectivity index (χ4n) is 4.36. The lowest BCUT2D eigenvalue weighted by Gasteiger charge is -2.27. The number of rotatable bonds is 5. The van der Waals surface area contributed by atoms with Gasteiger partial charge >= 0.3 is 5.97 Å². The number of aromatic nitrogens is 3. The number of aryl methyl sites for hydroxylation is 1. The molecule has 4 aromatic rings. The normalized spacial score (nSPS) is 15.4. The number of benzene rings is 2. The number of imidazole rings is 1. The summed E-state index contributed by atoms with van der Waals surface area (Å²) < 4.78 is 13.0. The SMILES string of the molecule is CCOC(=O)C1=C(c2ccc(-n3c(C)nc4cnccc43)cc2)NC(OC)=NC1c1ccccc1Cl. The number of carbonyl (C=O) groups excluding carboxylic acids is 1. The highest BCUT2D eigenvalue weighted by atomic mass is 35.5. The largest absolute Gasteiger partial charge is 0.468 e. The average molecular weight is 502 g/mol. The monoisotopic (exact) mass is 501 g/mol. The predicted octanol–water partition coefficient (Wildman–Crippen LogP) is 5.00. The van der Waals surface area contributed by atoms with Gasteiger partial charge in [-0.05, 0) is 43.7 Å². The molecule has 1 atom stereocenters. The number of hydrogen-bond donors (Lipinski definition) is 1. The molecule has 1 aliphatic rings. The van der Waals surface area contributed by atoms with E-state index in [2.05, 4.69) is 24.8 Å². The summed E-state index contributed by atoms with van der Waals surface area (Å²) in [5.41, 5.74) is 5.08. The van der Waals surface area contributed by atoms with Gasteiger partial charge < -0.3 is 14.8 Å². The van der Waals surface area contributed by atoms with Gasteiger partial charge in [-0.2, -0.15) is 0 Å². The minimum absolute atomic E-state index is 0.229. The Labute approximate surface area is 213 Å². The third kappa shape index (κ3) is 4.20. The molecule has 0 bridgehead atoms. The zero-order chi connectivity index (χ0) is 25.2. The molecular weight excluding hydrogens is 478 g/mol. The second kappa shape index (κ2) is 9.83. The van der Waals surface area contributed by atoms with Gasteiger partial charge in [0.1, 0.15) is 17.4 Å². The molecular formula is C27H24ClN5O3. The number of carbonyl (C=O) groups is 1. The van der Waals surface area contributed by atoms with E-state index in [-0.39, 0.29) is 12.6 Å². The summed E-state index contributed by atoms with van der Waals surface area (Å²) in [4.78, 5) is 26.6. The van der Waals surface area contributed by atoms with E-state index in [9.17, 15) is 4.79 Å². The Hall–Kier alpha value is -4.17. The van der Waals surface area contributed by atoms with E-state index in [1.165, 1.54) is 7.11 Å². The first kappa shape index (κ1) is 23.6. The summed E-state index contributed by atoms with van der Waals surface area (Å²) >= 11 is 6.51. The zero-order valence-electron chi connectivity index (χ0n) is 20.0. The molecule has 1 aliphatic heterocycles. The molecule has 182 valence electrons. The van der Waals surface area contributed by atoms with Crippen molar-refractivity contribution in [3.8, 4) is 5.69 Å². The Balaban J connectivity index is 1.64. The van der Waals surface area contributed by atoms with Crippen LogP contribution in [0.15, 0.2) is 77.6 Å². The summed E-state index contributed by atoms with van der Waals surface area (Å²) in [7, 11) is 1.52. The number of aliphatic imine (C=N–C) groups is 1. The third-order valence-corrected chi connectivity index (χ3v) is 6.29. The maximum atomic E-state index is 13.2. The van der Waals surface area contributed by atoms with Crippen LogP contribution in [0.2, 0.25) is 5.02 Å². The molecule has 0 fully saturated rings. The summed E-state index contributed by atoms with van der Waals surface area (Å²) in [6, 6.07) is 16.6. The topological polar surface area (TPSA) is 90.6 Å². The van der Waals surface area contributed by atoms with Gasteiger partial charge in [-0.1, -0.05) is 41.9 Å². The Morgan fingerprint density at radius 1 is 1.14 bits per heavy atom. The van der Waals surface area contributed by atoms with E-state index < -0.39 is 12.0 Å². The third-order valence-electron chi connectivity index (χ3n) is 5.95. The fourth-order valence-corrected chi connectivity index (χ4v) is 4.60. The molecule has 5 rings (SSSR count). The number of amidine groups is 1. The first-order chi connectivity index (χ1) is 17.5. The van der Waals surface area contributed by atoms with Crippen LogP contribution in [0.3, 0.4) is 0 Å². The molecule has 0 saturated heterocycles. The smallest absolute Gasteiger partial charge is 0.338 e. The average Bonchev–Trinajstić information content (AvgIpc) is 3.24. The van der Waals surface area contributed by atoms with E-state index >= 15 is 0 Å². The van der Waals surface area contributed by atoms with Crippen LogP contribution in [0.25, 0.3) is 22.4 Å². The van der Waals surface area contributed by atoms with Gasteiger partial charge in [0.2, 0.25) is 0 Å². The predicted molar refractivity (Wildman–Crippen MR) is 139 cm³/mol.